The molecule has 0 spiro atoms. The van der Waals surface area contributed by atoms with Crippen LogP contribution in [0, 0.1) is 6.92 Å². The van der Waals surface area contributed by atoms with Crippen molar-refractivity contribution in [1.82, 2.24) is 10.3 Å². The summed E-state index contributed by atoms with van der Waals surface area (Å²) in [6.07, 6.45) is -1.35. The molecule has 1 heterocycles. The van der Waals surface area contributed by atoms with E-state index < -0.39 is 12.8 Å². The number of thiazole rings is 1. The summed E-state index contributed by atoms with van der Waals surface area (Å²) in [6.45, 7) is 1.60. The maximum atomic E-state index is 11.9. The molecule has 0 atom stereocenters. The highest BCUT2D eigenvalue weighted by molar-refractivity contribution is 7.11. The van der Waals surface area contributed by atoms with Gasteiger partial charge in [-0.1, -0.05) is 0 Å². The van der Waals surface area contributed by atoms with Gasteiger partial charge in [0.2, 0.25) is 0 Å². The molecule has 0 radical (unpaired) electrons. The molecule has 1 saturated carbocycles. The van der Waals surface area contributed by atoms with Gasteiger partial charge in [0.25, 0.3) is 0 Å². The average Bonchev–Trinajstić information content (AvgIpc) is 3.06. The first-order valence-corrected chi connectivity index (χ1v) is 7.09. The SMILES string of the molecule is Cc1nc(CCOCC(F)(F)F)sc1CNC1CC1. The lowest BCUT2D eigenvalue weighted by Crippen LogP contribution is -2.17. The van der Waals surface area contributed by atoms with E-state index in [0.29, 0.717) is 12.5 Å². The van der Waals surface area contributed by atoms with Crippen molar-refractivity contribution in [1.29, 1.82) is 0 Å². The van der Waals surface area contributed by atoms with Crippen LogP contribution in [-0.4, -0.2) is 30.4 Å². The van der Waals surface area contributed by atoms with E-state index in [-0.39, 0.29) is 6.61 Å². The van der Waals surface area contributed by atoms with Crippen molar-refractivity contribution in [2.24, 2.45) is 0 Å². The number of nitrogens with zero attached hydrogens (tertiary/aromatic N) is 1. The minimum atomic E-state index is -4.25. The number of hydrogen-bond donors (Lipinski definition) is 1. The summed E-state index contributed by atoms with van der Waals surface area (Å²) in [7, 11) is 0. The second-order valence-corrected chi connectivity index (χ2v) is 5.86. The third kappa shape index (κ3) is 5.46. The molecule has 0 aliphatic heterocycles. The van der Waals surface area contributed by atoms with Gasteiger partial charge < -0.3 is 10.1 Å². The maximum absolute atomic E-state index is 11.9. The fraction of sp³-hybridized carbons (Fsp3) is 0.750. The molecule has 0 saturated heterocycles. The highest BCUT2D eigenvalue weighted by Crippen LogP contribution is 2.23. The van der Waals surface area contributed by atoms with Crippen LogP contribution < -0.4 is 5.32 Å². The van der Waals surface area contributed by atoms with Crippen molar-refractivity contribution in [2.45, 2.75) is 44.9 Å². The van der Waals surface area contributed by atoms with E-state index in [2.05, 4.69) is 15.0 Å². The normalized spacial score (nSPS) is 16.0. The zero-order valence-electron chi connectivity index (χ0n) is 10.7. The molecule has 1 aromatic heterocycles. The number of ether oxygens (including phenoxy) is 1. The van der Waals surface area contributed by atoms with Gasteiger partial charge in [-0.25, -0.2) is 4.98 Å². The monoisotopic (exact) mass is 294 g/mol. The molecule has 1 N–H and O–H groups in total. The average molecular weight is 294 g/mol. The first-order valence-electron chi connectivity index (χ1n) is 6.27. The fourth-order valence-electron chi connectivity index (χ4n) is 1.63. The number of aryl methyl sites for hydroxylation is 1. The molecule has 7 heteroatoms. The van der Waals surface area contributed by atoms with Crippen LogP contribution in [0.4, 0.5) is 13.2 Å². The lowest BCUT2D eigenvalue weighted by atomic mass is 10.4. The number of halogens is 3. The Morgan fingerprint density at radius 1 is 1.42 bits per heavy atom. The molecule has 2 rings (SSSR count). The van der Waals surface area contributed by atoms with Crippen LogP contribution in [-0.2, 0) is 17.7 Å². The maximum Gasteiger partial charge on any atom is 0.411 e. The Morgan fingerprint density at radius 2 is 2.16 bits per heavy atom. The predicted molar refractivity (Wildman–Crippen MR) is 67.3 cm³/mol. The molecule has 3 nitrogen and oxygen atoms in total. The first kappa shape index (κ1) is 14.7. The Kier molecular flexibility index (Phi) is 4.81. The molecule has 19 heavy (non-hydrogen) atoms. The zero-order chi connectivity index (χ0) is 13.9. The Labute approximate surface area is 114 Å². The summed E-state index contributed by atoms with van der Waals surface area (Å²) >= 11 is 1.55. The quantitative estimate of drug-likeness (QED) is 0.785. The molecule has 1 fully saturated rings. The standard InChI is InChI=1S/C12H17F3N2OS/c1-8-10(6-16-9-2-3-9)19-11(17-8)4-5-18-7-12(13,14)15/h9,16H,2-7H2,1H3. The summed E-state index contributed by atoms with van der Waals surface area (Å²) in [5.41, 5.74) is 0.962. The molecule has 0 amide bonds. The molecule has 0 unspecified atom stereocenters. The highest BCUT2D eigenvalue weighted by Gasteiger charge is 2.27. The zero-order valence-corrected chi connectivity index (χ0v) is 11.5. The molecule has 0 bridgehead atoms. The van der Waals surface area contributed by atoms with Gasteiger partial charge >= 0.3 is 6.18 Å². The molecule has 0 aromatic carbocycles. The number of alkyl halides is 3. The van der Waals surface area contributed by atoms with Crippen molar-refractivity contribution >= 4 is 11.3 Å². The molecule has 1 aliphatic rings. The highest BCUT2D eigenvalue weighted by atomic mass is 32.1. The minimum Gasteiger partial charge on any atom is -0.372 e. The van der Waals surface area contributed by atoms with Gasteiger partial charge in [0.1, 0.15) is 6.61 Å². The molecule has 108 valence electrons. The van der Waals surface area contributed by atoms with Crippen LogP contribution in [0.25, 0.3) is 0 Å². The van der Waals surface area contributed by atoms with Crippen molar-refractivity contribution in [3.05, 3.63) is 15.6 Å². The van der Waals surface area contributed by atoms with E-state index >= 15 is 0 Å². The third-order valence-electron chi connectivity index (χ3n) is 2.79. The van der Waals surface area contributed by atoms with Crippen LogP contribution in [0.2, 0.25) is 0 Å². The van der Waals surface area contributed by atoms with Crippen molar-refractivity contribution in [2.75, 3.05) is 13.2 Å². The van der Waals surface area contributed by atoms with Crippen LogP contribution in [0.3, 0.4) is 0 Å². The van der Waals surface area contributed by atoms with E-state index in [4.69, 9.17) is 0 Å². The van der Waals surface area contributed by atoms with Crippen molar-refractivity contribution in [3.63, 3.8) is 0 Å². The summed E-state index contributed by atoms with van der Waals surface area (Å²) < 4.78 is 40.2. The molecule has 1 aliphatic carbocycles. The number of aromatic nitrogens is 1. The smallest absolute Gasteiger partial charge is 0.372 e. The van der Waals surface area contributed by atoms with E-state index in [1.54, 1.807) is 11.3 Å². The lowest BCUT2D eigenvalue weighted by molar-refractivity contribution is -0.173. The summed E-state index contributed by atoms with van der Waals surface area (Å²) in [4.78, 5) is 5.52. The van der Waals surface area contributed by atoms with Crippen molar-refractivity contribution < 1.29 is 17.9 Å². The fourth-order valence-corrected chi connectivity index (χ4v) is 2.63. The Bertz CT molecular complexity index is 416. The second kappa shape index (κ2) is 6.19. The van der Waals surface area contributed by atoms with E-state index in [9.17, 15) is 13.2 Å². The van der Waals surface area contributed by atoms with Crippen LogP contribution in [0.1, 0.15) is 28.4 Å². The van der Waals surface area contributed by atoms with E-state index in [1.165, 1.54) is 12.8 Å². The number of rotatable bonds is 7. The minimum absolute atomic E-state index is 0.0575. The van der Waals surface area contributed by atoms with Gasteiger partial charge in [-0.15, -0.1) is 11.3 Å². The van der Waals surface area contributed by atoms with E-state index in [1.807, 2.05) is 6.92 Å². The predicted octanol–water partition coefficient (Wildman–Crippen LogP) is 2.82. The number of nitrogens with one attached hydrogen (secondary N) is 1. The summed E-state index contributed by atoms with van der Waals surface area (Å²) in [6, 6.07) is 0.639. The summed E-state index contributed by atoms with van der Waals surface area (Å²) in [5.74, 6) is 0. The van der Waals surface area contributed by atoms with Gasteiger partial charge in [0.15, 0.2) is 0 Å². The number of hydrogen-bond acceptors (Lipinski definition) is 4. The van der Waals surface area contributed by atoms with Crippen LogP contribution in [0.15, 0.2) is 0 Å². The summed E-state index contributed by atoms with van der Waals surface area (Å²) in [5, 5.41) is 4.24. The van der Waals surface area contributed by atoms with Gasteiger partial charge in [-0.05, 0) is 19.8 Å². The third-order valence-corrected chi connectivity index (χ3v) is 4.01. The van der Waals surface area contributed by atoms with E-state index in [0.717, 1.165) is 22.1 Å². The van der Waals surface area contributed by atoms with Crippen LogP contribution in [0.5, 0.6) is 0 Å². The van der Waals surface area contributed by atoms with Crippen LogP contribution >= 0.6 is 11.3 Å². The topological polar surface area (TPSA) is 34.1 Å². The first-order chi connectivity index (χ1) is 8.94. The largest absolute Gasteiger partial charge is 0.411 e. The molecular weight excluding hydrogens is 277 g/mol. The lowest BCUT2D eigenvalue weighted by Gasteiger charge is -2.06. The molecule has 1 aromatic rings. The van der Waals surface area contributed by atoms with Crippen molar-refractivity contribution in [3.8, 4) is 0 Å². The van der Waals surface area contributed by atoms with Gasteiger partial charge in [-0.3, -0.25) is 0 Å². The van der Waals surface area contributed by atoms with Gasteiger partial charge in [-0.2, -0.15) is 13.2 Å². The second-order valence-electron chi connectivity index (χ2n) is 4.69. The molecular formula is C12H17F3N2OS. The Balaban J connectivity index is 1.72. The Hall–Kier alpha value is -0.660. The Morgan fingerprint density at radius 3 is 2.79 bits per heavy atom. The van der Waals surface area contributed by atoms with Gasteiger partial charge in [0.05, 0.1) is 17.3 Å². The van der Waals surface area contributed by atoms with Gasteiger partial charge in [0, 0.05) is 23.9 Å².